The zero-order valence-electron chi connectivity index (χ0n) is 8.19. The first-order valence-corrected chi connectivity index (χ1v) is 5.04. The van der Waals surface area contributed by atoms with Crippen molar-refractivity contribution in [3.8, 4) is 0 Å². The second-order valence-electron chi connectivity index (χ2n) is 5.34. The average Bonchev–Trinajstić information content (AvgIpc) is 2.51. The highest BCUT2D eigenvalue weighted by Crippen LogP contribution is 2.45. The zero-order chi connectivity index (χ0) is 8.82. The summed E-state index contributed by atoms with van der Waals surface area (Å²) in [7, 11) is 0. The summed E-state index contributed by atoms with van der Waals surface area (Å²) in [5, 5.41) is 3.56. The SMILES string of the molecule is CC1(C)CC1NCC1(N)CCC1. The van der Waals surface area contributed by atoms with E-state index in [1.54, 1.807) is 0 Å². The first-order chi connectivity index (χ1) is 5.52. The van der Waals surface area contributed by atoms with Gasteiger partial charge < -0.3 is 11.1 Å². The van der Waals surface area contributed by atoms with Crippen molar-refractivity contribution < 1.29 is 0 Å². The molecule has 0 radical (unpaired) electrons. The van der Waals surface area contributed by atoms with Gasteiger partial charge in [-0.05, 0) is 31.1 Å². The molecule has 70 valence electrons. The molecule has 0 aromatic rings. The highest BCUT2D eigenvalue weighted by Gasteiger charge is 2.46. The van der Waals surface area contributed by atoms with Crippen molar-refractivity contribution in [1.82, 2.24) is 5.32 Å². The minimum Gasteiger partial charge on any atom is -0.324 e. The van der Waals surface area contributed by atoms with Gasteiger partial charge in [-0.15, -0.1) is 0 Å². The van der Waals surface area contributed by atoms with Gasteiger partial charge in [0.25, 0.3) is 0 Å². The molecule has 2 aliphatic carbocycles. The van der Waals surface area contributed by atoms with E-state index in [9.17, 15) is 0 Å². The van der Waals surface area contributed by atoms with Crippen LogP contribution in [0, 0.1) is 5.41 Å². The van der Waals surface area contributed by atoms with E-state index in [1.165, 1.54) is 25.7 Å². The maximum atomic E-state index is 6.10. The van der Waals surface area contributed by atoms with Crippen LogP contribution in [-0.4, -0.2) is 18.1 Å². The molecule has 2 nitrogen and oxygen atoms in total. The fourth-order valence-corrected chi connectivity index (χ4v) is 1.95. The Balaban J connectivity index is 1.70. The van der Waals surface area contributed by atoms with E-state index in [0.29, 0.717) is 5.41 Å². The summed E-state index contributed by atoms with van der Waals surface area (Å²) in [6, 6.07) is 0.735. The number of nitrogens with one attached hydrogen (secondary N) is 1. The Hall–Kier alpha value is -0.0800. The third-order valence-corrected chi connectivity index (χ3v) is 3.56. The molecule has 2 fully saturated rings. The standard InChI is InChI=1S/C10H20N2/c1-9(2)6-8(9)12-7-10(11)4-3-5-10/h8,12H,3-7,11H2,1-2H3. The Kier molecular flexibility index (Phi) is 1.74. The normalized spacial score (nSPS) is 35.8. The molecule has 0 heterocycles. The summed E-state index contributed by atoms with van der Waals surface area (Å²) in [6.45, 7) is 5.66. The zero-order valence-corrected chi connectivity index (χ0v) is 8.19. The number of hydrogen-bond donors (Lipinski definition) is 2. The minimum absolute atomic E-state index is 0.151. The fraction of sp³-hybridized carbons (Fsp3) is 1.00. The molecule has 0 spiro atoms. The highest BCUT2D eigenvalue weighted by molar-refractivity contribution is 5.04. The van der Waals surface area contributed by atoms with Crippen LogP contribution in [0.1, 0.15) is 39.5 Å². The van der Waals surface area contributed by atoms with Crippen molar-refractivity contribution in [3.05, 3.63) is 0 Å². The third-order valence-electron chi connectivity index (χ3n) is 3.56. The molecular formula is C10H20N2. The number of hydrogen-bond acceptors (Lipinski definition) is 2. The van der Waals surface area contributed by atoms with Gasteiger partial charge in [-0.2, -0.15) is 0 Å². The van der Waals surface area contributed by atoms with E-state index < -0.39 is 0 Å². The molecule has 0 aromatic heterocycles. The van der Waals surface area contributed by atoms with Crippen LogP contribution in [0.15, 0.2) is 0 Å². The molecule has 0 aromatic carbocycles. The Morgan fingerprint density at radius 1 is 1.42 bits per heavy atom. The smallest absolute Gasteiger partial charge is 0.0280 e. The van der Waals surface area contributed by atoms with Gasteiger partial charge in [-0.3, -0.25) is 0 Å². The topological polar surface area (TPSA) is 38.0 Å². The minimum atomic E-state index is 0.151. The first-order valence-electron chi connectivity index (χ1n) is 5.04. The van der Waals surface area contributed by atoms with E-state index in [2.05, 4.69) is 19.2 Å². The van der Waals surface area contributed by atoms with E-state index in [-0.39, 0.29) is 5.54 Å². The summed E-state index contributed by atoms with van der Waals surface area (Å²) in [4.78, 5) is 0. The molecule has 2 saturated carbocycles. The van der Waals surface area contributed by atoms with Crippen LogP contribution >= 0.6 is 0 Å². The summed E-state index contributed by atoms with van der Waals surface area (Å²) < 4.78 is 0. The van der Waals surface area contributed by atoms with E-state index in [0.717, 1.165) is 12.6 Å². The lowest BCUT2D eigenvalue weighted by molar-refractivity contribution is 0.236. The number of rotatable bonds is 3. The van der Waals surface area contributed by atoms with Crippen molar-refractivity contribution in [2.24, 2.45) is 11.1 Å². The summed E-state index contributed by atoms with van der Waals surface area (Å²) in [6.07, 6.45) is 5.08. The molecule has 2 rings (SSSR count). The van der Waals surface area contributed by atoms with Crippen LogP contribution in [-0.2, 0) is 0 Å². The average molecular weight is 168 g/mol. The number of nitrogens with two attached hydrogens (primary N) is 1. The second kappa shape index (κ2) is 2.46. The predicted molar refractivity (Wildman–Crippen MR) is 51.0 cm³/mol. The van der Waals surface area contributed by atoms with Gasteiger partial charge in [0, 0.05) is 18.1 Å². The van der Waals surface area contributed by atoms with Crippen molar-refractivity contribution in [2.75, 3.05) is 6.54 Å². The van der Waals surface area contributed by atoms with E-state index in [4.69, 9.17) is 5.73 Å². The molecule has 3 N–H and O–H groups in total. The first kappa shape index (κ1) is 8.52. The second-order valence-corrected chi connectivity index (χ2v) is 5.34. The van der Waals surface area contributed by atoms with Crippen LogP contribution in [0.4, 0.5) is 0 Å². The van der Waals surface area contributed by atoms with Gasteiger partial charge in [0.15, 0.2) is 0 Å². The van der Waals surface area contributed by atoms with Gasteiger partial charge in [0.1, 0.15) is 0 Å². The summed E-state index contributed by atoms with van der Waals surface area (Å²) >= 11 is 0. The molecule has 0 amide bonds. The van der Waals surface area contributed by atoms with Crippen LogP contribution in [0.25, 0.3) is 0 Å². The van der Waals surface area contributed by atoms with Gasteiger partial charge in [0.05, 0.1) is 0 Å². The van der Waals surface area contributed by atoms with Gasteiger partial charge in [-0.1, -0.05) is 13.8 Å². The Morgan fingerprint density at radius 2 is 2.00 bits per heavy atom. The molecule has 0 bridgehead atoms. The predicted octanol–water partition coefficient (Wildman–Crippen LogP) is 1.26. The van der Waals surface area contributed by atoms with E-state index >= 15 is 0 Å². The van der Waals surface area contributed by atoms with Gasteiger partial charge >= 0.3 is 0 Å². The van der Waals surface area contributed by atoms with Crippen molar-refractivity contribution in [2.45, 2.75) is 51.1 Å². The maximum Gasteiger partial charge on any atom is 0.0280 e. The Bertz CT molecular complexity index is 182. The molecule has 1 unspecified atom stereocenters. The molecule has 0 aliphatic heterocycles. The lowest BCUT2D eigenvalue weighted by Crippen LogP contribution is -2.54. The van der Waals surface area contributed by atoms with Crippen LogP contribution in [0.5, 0.6) is 0 Å². The van der Waals surface area contributed by atoms with E-state index in [1.807, 2.05) is 0 Å². The largest absolute Gasteiger partial charge is 0.324 e. The molecule has 12 heavy (non-hydrogen) atoms. The van der Waals surface area contributed by atoms with Crippen LogP contribution in [0.3, 0.4) is 0 Å². The van der Waals surface area contributed by atoms with Crippen molar-refractivity contribution in [3.63, 3.8) is 0 Å². The van der Waals surface area contributed by atoms with Crippen molar-refractivity contribution in [1.29, 1.82) is 0 Å². The molecule has 2 heteroatoms. The van der Waals surface area contributed by atoms with Crippen LogP contribution in [0.2, 0.25) is 0 Å². The summed E-state index contributed by atoms with van der Waals surface area (Å²) in [5.74, 6) is 0. The molecule has 1 atom stereocenters. The molecule has 0 saturated heterocycles. The molecular weight excluding hydrogens is 148 g/mol. The van der Waals surface area contributed by atoms with Gasteiger partial charge in [0.2, 0.25) is 0 Å². The fourth-order valence-electron chi connectivity index (χ4n) is 1.95. The quantitative estimate of drug-likeness (QED) is 0.665. The lowest BCUT2D eigenvalue weighted by Gasteiger charge is -2.38. The highest BCUT2D eigenvalue weighted by atomic mass is 15.0. The third kappa shape index (κ3) is 1.50. The maximum absolute atomic E-state index is 6.10. The van der Waals surface area contributed by atoms with Gasteiger partial charge in [-0.25, -0.2) is 0 Å². The Labute approximate surface area is 74.9 Å². The summed E-state index contributed by atoms with van der Waals surface area (Å²) in [5.41, 5.74) is 6.80. The monoisotopic (exact) mass is 168 g/mol. The Morgan fingerprint density at radius 3 is 2.33 bits per heavy atom. The van der Waals surface area contributed by atoms with Crippen molar-refractivity contribution >= 4 is 0 Å². The van der Waals surface area contributed by atoms with Crippen LogP contribution < -0.4 is 11.1 Å². The molecule has 2 aliphatic rings. The lowest BCUT2D eigenvalue weighted by atomic mass is 9.78.